The summed E-state index contributed by atoms with van der Waals surface area (Å²) in [5, 5.41) is 0. The van der Waals surface area contributed by atoms with Crippen molar-refractivity contribution < 1.29 is 0 Å². The van der Waals surface area contributed by atoms with E-state index in [-0.39, 0.29) is 0 Å². The lowest BCUT2D eigenvalue weighted by Gasteiger charge is -2.44. The lowest BCUT2D eigenvalue weighted by molar-refractivity contribution is 0.0622. The normalized spacial score (nSPS) is 27.4. The van der Waals surface area contributed by atoms with Gasteiger partial charge in [-0.2, -0.15) is 0 Å². The Balaban J connectivity index is 1.80. The number of rotatable bonds is 2. The Kier molecular flexibility index (Phi) is 3.71. The van der Waals surface area contributed by atoms with Crippen LogP contribution in [0, 0.1) is 11.3 Å². The average Bonchev–Trinajstić information content (AvgIpc) is 2.23. The molecule has 2 fully saturated rings. The molecule has 1 heteroatoms. The van der Waals surface area contributed by atoms with Crippen LogP contribution >= 0.6 is 0 Å². The summed E-state index contributed by atoms with van der Waals surface area (Å²) in [6.45, 7) is 8.74. The van der Waals surface area contributed by atoms with E-state index in [0.717, 1.165) is 11.3 Å². The van der Waals surface area contributed by atoms with Crippen molar-refractivity contribution in [3.63, 3.8) is 0 Å². The highest BCUT2D eigenvalue weighted by Crippen LogP contribution is 2.44. The van der Waals surface area contributed by atoms with Crippen molar-refractivity contribution >= 4 is 0 Å². The second-order valence-corrected chi connectivity index (χ2v) is 6.26. The van der Waals surface area contributed by atoms with Gasteiger partial charge in [0.1, 0.15) is 0 Å². The van der Waals surface area contributed by atoms with Gasteiger partial charge in [0.15, 0.2) is 0 Å². The molecule has 0 unspecified atom stereocenters. The van der Waals surface area contributed by atoms with E-state index in [0.29, 0.717) is 0 Å². The largest absolute Gasteiger partial charge is 0.303 e. The molecule has 1 nitrogen and oxygen atoms in total. The molecule has 0 aromatic heterocycles. The van der Waals surface area contributed by atoms with Crippen LogP contribution in [0.1, 0.15) is 58.8 Å². The van der Waals surface area contributed by atoms with Crippen LogP contribution < -0.4 is 0 Å². The molecule has 0 bridgehead atoms. The minimum atomic E-state index is 0.783. The standard InChI is InChI=1S/C14H27N/c1-13(2)12-15-10-8-14(9-11-15)6-4-3-5-7-14/h13H,3-12H2,1-2H3. The molecular weight excluding hydrogens is 182 g/mol. The van der Waals surface area contributed by atoms with Crippen LogP contribution in [0.3, 0.4) is 0 Å². The molecule has 0 amide bonds. The van der Waals surface area contributed by atoms with E-state index in [1.807, 2.05) is 0 Å². The first-order valence-corrected chi connectivity index (χ1v) is 6.93. The molecule has 0 aromatic rings. The first-order chi connectivity index (χ1) is 7.20. The van der Waals surface area contributed by atoms with Gasteiger partial charge in [-0.05, 0) is 50.1 Å². The van der Waals surface area contributed by atoms with Crippen LogP contribution in [-0.4, -0.2) is 24.5 Å². The third-order valence-electron chi connectivity index (χ3n) is 4.45. The van der Waals surface area contributed by atoms with Gasteiger partial charge < -0.3 is 4.90 Å². The van der Waals surface area contributed by atoms with E-state index in [2.05, 4.69) is 18.7 Å². The maximum atomic E-state index is 2.69. The summed E-state index contributed by atoms with van der Waals surface area (Å²) >= 11 is 0. The van der Waals surface area contributed by atoms with E-state index in [9.17, 15) is 0 Å². The quantitative estimate of drug-likeness (QED) is 0.670. The zero-order valence-corrected chi connectivity index (χ0v) is 10.6. The van der Waals surface area contributed by atoms with Crippen molar-refractivity contribution in [2.45, 2.75) is 58.8 Å². The minimum absolute atomic E-state index is 0.783. The summed E-state index contributed by atoms with van der Waals surface area (Å²) in [5.74, 6) is 0.838. The van der Waals surface area contributed by atoms with Crippen molar-refractivity contribution in [2.24, 2.45) is 11.3 Å². The fourth-order valence-corrected chi connectivity index (χ4v) is 3.53. The van der Waals surface area contributed by atoms with Gasteiger partial charge in [0, 0.05) is 6.54 Å². The molecule has 0 aromatic carbocycles. The zero-order valence-electron chi connectivity index (χ0n) is 10.6. The Bertz CT molecular complexity index is 182. The van der Waals surface area contributed by atoms with E-state index in [4.69, 9.17) is 0 Å². The van der Waals surface area contributed by atoms with Gasteiger partial charge in [0.2, 0.25) is 0 Å². The van der Waals surface area contributed by atoms with Gasteiger partial charge in [-0.25, -0.2) is 0 Å². The fraction of sp³-hybridized carbons (Fsp3) is 1.00. The maximum absolute atomic E-state index is 2.69. The Labute approximate surface area is 95.2 Å². The average molecular weight is 209 g/mol. The van der Waals surface area contributed by atoms with Gasteiger partial charge in [0.05, 0.1) is 0 Å². The number of nitrogens with zero attached hydrogens (tertiary/aromatic N) is 1. The molecule has 1 saturated carbocycles. The third-order valence-corrected chi connectivity index (χ3v) is 4.45. The molecule has 2 rings (SSSR count). The second-order valence-electron chi connectivity index (χ2n) is 6.26. The van der Waals surface area contributed by atoms with Crippen molar-refractivity contribution in [1.82, 2.24) is 4.90 Å². The summed E-state index contributed by atoms with van der Waals surface area (Å²) in [6, 6.07) is 0. The monoisotopic (exact) mass is 209 g/mol. The van der Waals surface area contributed by atoms with Crippen LogP contribution in [0.4, 0.5) is 0 Å². The minimum Gasteiger partial charge on any atom is -0.303 e. The lowest BCUT2D eigenvalue weighted by atomic mass is 9.68. The van der Waals surface area contributed by atoms with Crippen LogP contribution in [0.25, 0.3) is 0 Å². The predicted octanol–water partition coefficient (Wildman–Crippen LogP) is 3.69. The highest BCUT2D eigenvalue weighted by Gasteiger charge is 2.35. The number of hydrogen-bond acceptors (Lipinski definition) is 1. The van der Waals surface area contributed by atoms with Crippen LogP contribution in [0.15, 0.2) is 0 Å². The Morgan fingerprint density at radius 2 is 1.53 bits per heavy atom. The number of piperidine rings is 1. The lowest BCUT2D eigenvalue weighted by Crippen LogP contribution is -2.42. The Hall–Kier alpha value is -0.0400. The van der Waals surface area contributed by atoms with E-state index in [1.54, 1.807) is 0 Å². The van der Waals surface area contributed by atoms with E-state index < -0.39 is 0 Å². The molecule has 1 aliphatic carbocycles. The van der Waals surface area contributed by atoms with Crippen LogP contribution in [0.2, 0.25) is 0 Å². The Morgan fingerprint density at radius 1 is 0.933 bits per heavy atom. The van der Waals surface area contributed by atoms with Crippen molar-refractivity contribution in [3.8, 4) is 0 Å². The molecule has 1 heterocycles. The molecule has 1 spiro atoms. The SMILES string of the molecule is CC(C)CN1CCC2(CCCCC2)CC1. The maximum Gasteiger partial charge on any atom is 0.000439 e. The van der Waals surface area contributed by atoms with Crippen molar-refractivity contribution in [1.29, 1.82) is 0 Å². The van der Waals surface area contributed by atoms with Gasteiger partial charge in [0.25, 0.3) is 0 Å². The first-order valence-electron chi connectivity index (χ1n) is 6.93. The summed E-state index contributed by atoms with van der Waals surface area (Å²) in [4.78, 5) is 2.69. The Morgan fingerprint density at radius 3 is 2.07 bits per heavy atom. The molecular formula is C14H27N. The van der Waals surface area contributed by atoms with Crippen LogP contribution in [-0.2, 0) is 0 Å². The van der Waals surface area contributed by atoms with Crippen molar-refractivity contribution in [2.75, 3.05) is 19.6 Å². The first kappa shape index (κ1) is 11.4. The fourth-order valence-electron chi connectivity index (χ4n) is 3.53. The molecule has 88 valence electrons. The van der Waals surface area contributed by atoms with Gasteiger partial charge >= 0.3 is 0 Å². The highest BCUT2D eigenvalue weighted by molar-refractivity contribution is 4.88. The zero-order chi connectivity index (χ0) is 10.7. The molecule has 0 atom stereocenters. The van der Waals surface area contributed by atoms with Crippen molar-refractivity contribution in [3.05, 3.63) is 0 Å². The second kappa shape index (κ2) is 4.86. The number of likely N-dealkylation sites (tertiary alicyclic amines) is 1. The molecule has 1 aliphatic heterocycles. The summed E-state index contributed by atoms with van der Waals surface area (Å²) in [7, 11) is 0. The summed E-state index contributed by atoms with van der Waals surface area (Å²) < 4.78 is 0. The molecule has 15 heavy (non-hydrogen) atoms. The van der Waals surface area contributed by atoms with Crippen LogP contribution in [0.5, 0.6) is 0 Å². The van der Waals surface area contributed by atoms with E-state index >= 15 is 0 Å². The summed E-state index contributed by atoms with van der Waals surface area (Å²) in [6.07, 6.45) is 10.5. The topological polar surface area (TPSA) is 3.24 Å². The predicted molar refractivity (Wildman–Crippen MR) is 66.0 cm³/mol. The smallest absolute Gasteiger partial charge is 0.000439 e. The van der Waals surface area contributed by atoms with Gasteiger partial charge in [-0.3, -0.25) is 0 Å². The molecule has 2 aliphatic rings. The highest BCUT2D eigenvalue weighted by atomic mass is 15.1. The number of hydrogen-bond donors (Lipinski definition) is 0. The molecule has 0 radical (unpaired) electrons. The third kappa shape index (κ3) is 2.96. The van der Waals surface area contributed by atoms with Gasteiger partial charge in [-0.1, -0.05) is 33.1 Å². The molecule has 1 saturated heterocycles. The van der Waals surface area contributed by atoms with E-state index in [1.165, 1.54) is 64.6 Å². The van der Waals surface area contributed by atoms with Gasteiger partial charge in [-0.15, -0.1) is 0 Å². The molecule has 0 N–H and O–H groups in total. The summed E-state index contributed by atoms with van der Waals surface area (Å²) in [5.41, 5.74) is 0.783.